The van der Waals surface area contributed by atoms with Gasteiger partial charge >= 0.3 is 5.97 Å². The van der Waals surface area contributed by atoms with Gasteiger partial charge in [0.05, 0.1) is 16.8 Å². The number of benzene rings is 2. The van der Waals surface area contributed by atoms with E-state index in [4.69, 9.17) is 11.6 Å². The van der Waals surface area contributed by atoms with Crippen LogP contribution < -0.4 is 0 Å². The summed E-state index contributed by atoms with van der Waals surface area (Å²) in [6, 6.07) is 13.2. The Labute approximate surface area is 145 Å². The van der Waals surface area contributed by atoms with E-state index in [0.717, 1.165) is 11.1 Å². The van der Waals surface area contributed by atoms with E-state index < -0.39 is 5.97 Å². The third-order valence-electron chi connectivity index (χ3n) is 4.17. The first kappa shape index (κ1) is 16.5. The molecule has 0 saturated carbocycles. The highest BCUT2D eigenvalue weighted by molar-refractivity contribution is 6.31. The lowest BCUT2D eigenvalue weighted by atomic mass is 9.98. The average molecular weight is 340 g/mol. The van der Waals surface area contributed by atoms with Crippen molar-refractivity contribution in [2.45, 2.75) is 26.7 Å². The monoisotopic (exact) mass is 339 g/mol. The van der Waals surface area contributed by atoms with Crippen molar-refractivity contribution in [1.82, 2.24) is 4.98 Å². The van der Waals surface area contributed by atoms with Gasteiger partial charge in [-0.2, -0.15) is 0 Å². The van der Waals surface area contributed by atoms with Gasteiger partial charge in [0.15, 0.2) is 0 Å². The van der Waals surface area contributed by atoms with E-state index in [9.17, 15) is 9.90 Å². The molecule has 4 heteroatoms. The van der Waals surface area contributed by atoms with Crippen molar-refractivity contribution in [2.75, 3.05) is 0 Å². The molecule has 0 aliphatic rings. The van der Waals surface area contributed by atoms with Crippen LogP contribution in [0.15, 0.2) is 42.5 Å². The number of carboxylic acid groups (broad SMARTS) is 1. The van der Waals surface area contributed by atoms with Gasteiger partial charge in [0.2, 0.25) is 0 Å². The number of fused-ring (bicyclic) bond motifs is 1. The number of aryl methyl sites for hydroxylation is 1. The van der Waals surface area contributed by atoms with Crippen molar-refractivity contribution in [2.24, 2.45) is 0 Å². The van der Waals surface area contributed by atoms with E-state index in [2.05, 4.69) is 31.0 Å². The summed E-state index contributed by atoms with van der Waals surface area (Å²) in [5.41, 5.74) is 4.54. The number of halogens is 1. The Bertz CT molecular complexity index is 931. The van der Waals surface area contributed by atoms with Crippen molar-refractivity contribution in [3.63, 3.8) is 0 Å². The molecule has 0 fully saturated rings. The Morgan fingerprint density at radius 3 is 2.38 bits per heavy atom. The topological polar surface area (TPSA) is 50.2 Å². The number of pyridine rings is 1. The number of nitrogens with zero attached hydrogens (tertiary/aromatic N) is 1. The molecule has 3 rings (SSSR count). The molecule has 3 nitrogen and oxygen atoms in total. The smallest absolute Gasteiger partial charge is 0.336 e. The zero-order valence-corrected chi connectivity index (χ0v) is 14.6. The molecule has 1 heterocycles. The van der Waals surface area contributed by atoms with Crippen LogP contribution in [0.4, 0.5) is 0 Å². The maximum atomic E-state index is 11.7. The van der Waals surface area contributed by atoms with Crippen LogP contribution in [0.25, 0.3) is 22.2 Å². The molecule has 0 aliphatic carbocycles. The lowest BCUT2D eigenvalue weighted by Gasteiger charge is -2.11. The number of rotatable bonds is 3. The summed E-state index contributed by atoms with van der Waals surface area (Å²) < 4.78 is 0. The van der Waals surface area contributed by atoms with Crippen molar-refractivity contribution in [3.05, 3.63) is 64.2 Å². The SMILES string of the molecule is Cc1cc(Cl)cc2c(C(=O)O)cc(-c3ccc(C(C)C)cc3)nc12. The molecule has 0 amide bonds. The van der Waals surface area contributed by atoms with E-state index in [1.807, 2.05) is 19.1 Å². The number of carbonyl (C=O) groups is 1. The van der Waals surface area contributed by atoms with Crippen molar-refractivity contribution < 1.29 is 9.90 Å². The van der Waals surface area contributed by atoms with Gasteiger partial charge in [-0.15, -0.1) is 0 Å². The normalized spacial score (nSPS) is 11.2. The Hall–Kier alpha value is -2.39. The summed E-state index contributed by atoms with van der Waals surface area (Å²) in [6.45, 7) is 6.16. The lowest BCUT2D eigenvalue weighted by molar-refractivity contribution is 0.0699. The average Bonchev–Trinajstić information content (AvgIpc) is 2.54. The fourth-order valence-electron chi connectivity index (χ4n) is 2.82. The number of carboxylic acids is 1. The van der Waals surface area contributed by atoms with Crippen LogP contribution in [-0.2, 0) is 0 Å². The maximum Gasteiger partial charge on any atom is 0.336 e. The fraction of sp³-hybridized carbons (Fsp3) is 0.200. The molecule has 0 spiro atoms. The summed E-state index contributed by atoms with van der Waals surface area (Å²) in [5, 5.41) is 10.7. The van der Waals surface area contributed by atoms with Gasteiger partial charge in [0.1, 0.15) is 0 Å². The predicted octanol–water partition coefficient (Wildman–Crippen LogP) is 5.69. The number of hydrogen-bond acceptors (Lipinski definition) is 2. The summed E-state index contributed by atoms with van der Waals surface area (Å²) in [5.74, 6) is -0.535. The molecule has 122 valence electrons. The van der Waals surface area contributed by atoms with Crippen LogP contribution >= 0.6 is 11.6 Å². The number of hydrogen-bond donors (Lipinski definition) is 1. The van der Waals surface area contributed by atoms with Crippen LogP contribution in [0.2, 0.25) is 5.02 Å². The van der Waals surface area contributed by atoms with Crippen LogP contribution in [0, 0.1) is 6.92 Å². The van der Waals surface area contributed by atoms with Gasteiger partial charge in [-0.25, -0.2) is 9.78 Å². The highest BCUT2D eigenvalue weighted by Crippen LogP contribution is 2.30. The van der Waals surface area contributed by atoms with Gasteiger partial charge in [-0.1, -0.05) is 49.7 Å². The second kappa shape index (κ2) is 6.25. The summed E-state index contributed by atoms with van der Waals surface area (Å²) in [6.07, 6.45) is 0. The molecule has 2 aromatic carbocycles. The van der Waals surface area contributed by atoms with Crippen molar-refractivity contribution >= 4 is 28.5 Å². The standard InChI is InChI=1S/C20H18ClNO2/c1-11(2)13-4-6-14(7-5-13)18-10-17(20(23)24)16-9-15(21)8-12(3)19(16)22-18/h4-11H,1-3H3,(H,23,24). The Kier molecular flexibility index (Phi) is 4.29. The highest BCUT2D eigenvalue weighted by Gasteiger charge is 2.15. The van der Waals surface area contributed by atoms with Crippen LogP contribution in [0.3, 0.4) is 0 Å². The molecule has 0 unspecified atom stereocenters. The van der Waals surface area contributed by atoms with E-state index in [1.165, 1.54) is 5.56 Å². The zero-order valence-electron chi connectivity index (χ0n) is 13.8. The minimum atomic E-state index is -0.982. The van der Waals surface area contributed by atoms with Crippen LogP contribution in [0.5, 0.6) is 0 Å². The molecule has 24 heavy (non-hydrogen) atoms. The first-order valence-corrected chi connectivity index (χ1v) is 8.19. The predicted molar refractivity (Wildman–Crippen MR) is 98.0 cm³/mol. The molecular weight excluding hydrogens is 322 g/mol. The summed E-state index contributed by atoms with van der Waals surface area (Å²) in [4.78, 5) is 16.4. The minimum absolute atomic E-state index is 0.216. The van der Waals surface area contributed by atoms with E-state index >= 15 is 0 Å². The quantitative estimate of drug-likeness (QED) is 0.667. The molecule has 3 aromatic rings. The number of aromatic carboxylic acids is 1. The third-order valence-corrected chi connectivity index (χ3v) is 4.39. The Morgan fingerprint density at radius 2 is 1.79 bits per heavy atom. The molecule has 0 aliphatic heterocycles. The van der Waals surface area contributed by atoms with E-state index in [0.29, 0.717) is 27.5 Å². The van der Waals surface area contributed by atoms with E-state index in [-0.39, 0.29) is 5.56 Å². The first-order chi connectivity index (χ1) is 11.4. The lowest BCUT2D eigenvalue weighted by Crippen LogP contribution is -2.01. The fourth-order valence-corrected chi connectivity index (χ4v) is 3.09. The number of aromatic nitrogens is 1. The van der Waals surface area contributed by atoms with Gasteiger partial charge in [-0.05, 0) is 42.2 Å². The minimum Gasteiger partial charge on any atom is -0.478 e. The zero-order chi connectivity index (χ0) is 17.4. The van der Waals surface area contributed by atoms with Crippen LogP contribution in [-0.4, -0.2) is 16.1 Å². The molecule has 0 atom stereocenters. The van der Waals surface area contributed by atoms with Gasteiger partial charge in [-0.3, -0.25) is 0 Å². The Balaban J connectivity index is 2.24. The Morgan fingerprint density at radius 1 is 1.12 bits per heavy atom. The van der Waals surface area contributed by atoms with E-state index in [1.54, 1.807) is 18.2 Å². The third kappa shape index (κ3) is 3.00. The van der Waals surface area contributed by atoms with Crippen molar-refractivity contribution in [1.29, 1.82) is 0 Å². The van der Waals surface area contributed by atoms with Gasteiger partial charge in [0.25, 0.3) is 0 Å². The molecule has 0 bridgehead atoms. The van der Waals surface area contributed by atoms with Crippen molar-refractivity contribution in [3.8, 4) is 11.3 Å². The molecule has 1 aromatic heterocycles. The summed E-state index contributed by atoms with van der Waals surface area (Å²) in [7, 11) is 0. The second-order valence-electron chi connectivity index (χ2n) is 6.26. The van der Waals surface area contributed by atoms with Gasteiger partial charge < -0.3 is 5.11 Å². The maximum absolute atomic E-state index is 11.7. The first-order valence-electron chi connectivity index (χ1n) is 7.81. The largest absolute Gasteiger partial charge is 0.478 e. The molecular formula is C20H18ClNO2. The molecule has 1 N–H and O–H groups in total. The van der Waals surface area contributed by atoms with Gasteiger partial charge in [0, 0.05) is 16.0 Å². The molecule has 0 radical (unpaired) electrons. The highest BCUT2D eigenvalue weighted by atomic mass is 35.5. The summed E-state index contributed by atoms with van der Waals surface area (Å²) >= 11 is 6.08. The van der Waals surface area contributed by atoms with Crippen LogP contribution in [0.1, 0.15) is 41.3 Å². The molecule has 0 saturated heterocycles. The second-order valence-corrected chi connectivity index (χ2v) is 6.69.